The topological polar surface area (TPSA) is 39.7 Å². The van der Waals surface area contributed by atoms with E-state index in [-0.39, 0.29) is 6.04 Å². The van der Waals surface area contributed by atoms with Crippen LogP contribution in [0.3, 0.4) is 0 Å². The molecule has 0 aliphatic heterocycles. The van der Waals surface area contributed by atoms with Crippen LogP contribution in [-0.4, -0.2) is 27.9 Å². The molecule has 4 nitrogen and oxygen atoms in total. The zero-order chi connectivity index (χ0) is 15.7. The molecular weight excluding hydrogens is 266 g/mol. The fourth-order valence-corrected chi connectivity index (χ4v) is 2.24. The maximum absolute atomic E-state index is 5.41. The molecule has 1 atom stereocenters. The van der Waals surface area contributed by atoms with E-state index in [0.717, 1.165) is 31.4 Å². The lowest BCUT2D eigenvalue weighted by molar-refractivity contribution is 0.322. The van der Waals surface area contributed by atoms with Crippen LogP contribution in [0.25, 0.3) is 0 Å². The summed E-state index contributed by atoms with van der Waals surface area (Å²) in [5, 5.41) is 3.51. The molecule has 0 aromatic heterocycles. The number of hydrogen-bond donors (Lipinski definition) is 1. The quantitative estimate of drug-likeness (QED) is 0.709. The molecule has 0 saturated heterocycles. The Labute approximate surface area is 127 Å². The summed E-state index contributed by atoms with van der Waals surface area (Å²) in [5.41, 5.74) is 1.09. The summed E-state index contributed by atoms with van der Waals surface area (Å²) in [6.07, 6.45) is 8.05. The molecular formula is C17H25NO3. The third-order valence-corrected chi connectivity index (χ3v) is 3.31. The van der Waals surface area contributed by atoms with E-state index in [0.29, 0.717) is 17.2 Å². The molecule has 1 unspecified atom stereocenters. The van der Waals surface area contributed by atoms with Gasteiger partial charge in [0.05, 0.1) is 21.3 Å². The van der Waals surface area contributed by atoms with E-state index in [1.54, 1.807) is 21.3 Å². The standard InChI is InChI=1S/C17H25NO3/c1-6-8-9-14(18-10-7-2)13-11-15(19-3)17(21-5)16(12-13)20-4/h1,11-12,14,18H,7-10H2,2-5H3. The van der Waals surface area contributed by atoms with E-state index in [9.17, 15) is 0 Å². The van der Waals surface area contributed by atoms with Gasteiger partial charge in [0.2, 0.25) is 5.75 Å². The molecule has 0 radical (unpaired) electrons. The van der Waals surface area contributed by atoms with Crippen molar-refractivity contribution in [1.82, 2.24) is 5.32 Å². The van der Waals surface area contributed by atoms with Gasteiger partial charge >= 0.3 is 0 Å². The monoisotopic (exact) mass is 291 g/mol. The molecule has 0 heterocycles. The number of hydrogen-bond acceptors (Lipinski definition) is 4. The van der Waals surface area contributed by atoms with Crippen molar-refractivity contribution < 1.29 is 14.2 Å². The van der Waals surface area contributed by atoms with Gasteiger partial charge in [0.25, 0.3) is 0 Å². The van der Waals surface area contributed by atoms with Crippen molar-refractivity contribution in [3.8, 4) is 29.6 Å². The molecule has 4 heteroatoms. The molecule has 21 heavy (non-hydrogen) atoms. The van der Waals surface area contributed by atoms with Crippen LogP contribution in [0.1, 0.15) is 37.8 Å². The van der Waals surface area contributed by atoms with E-state index >= 15 is 0 Å². The second kappa shape index (κ2) is 9.15. The maximum atomic E-state index is 5.41. The van der Waals surface area contributed by atoms with Crippen LogP contribution in [0.2, 0.25) is 0 Å². The Balaban J connectivity index is 3.14. The Bertz CT molecular complexity index is 454. The van der Waals surface area contributed by atoms with Crippen molar-refractivity contribution in [2.75, 3.05) is 27.9 Å². The van der Waals surface area contributed by atoms with E-state index in [4.69, 9.17) is 20.6 Å². The van der Waals surface area contributed by atoms with Crippen LogP contribution >= 0.6 is 0 Å². The minimum Gasteiger partial charge on any atom is -0.493 e. The van der Waals surface area contributed by atoms with Crippen LogP contribution in [0.5, 0.6) is 17.2 Å². The first-order valence-electron chi connectivity index (χ1n) is 7.18. The number of rotatable bonds is 9. The van der Waals surface area contributed by atoms with Gasteiger partial charge in [-0.1, -0.05) is 6.92 Å². The van der Waals surface area contributed by atoms with E-state index < -0.39 is 0 Å². The van der Waals surface area contributed by atoms with E-state index in [1.165, 1.54) is 0 Å². The summed E-state index contributed by atoms with van der Waals surface area (Å²) in [4.78, 5) is 0. The predicted octanol–water partition coefficient (Wildman–Crippen LogP) is 3.17. The molecule has 1 aromatic rings. The molecule has 0 fully saturated rings. The smallest absolute Gasteiger partial charge is 0.203 e. The number of methoxy groups -OCH3 is 3. The van der Waals surface area contributed by atoms with Gasteiger partial charge in [-0.05, 0) is 37.1 Å². The Hall–Kier alpha value is -1.86. The van der Waals surface area contributed by atoms with Crippen molar-refractivity contribution in [2.45, 2.75) is 32.2 Å². The molecule has 0 saturated carbocycles. The summed E-state index contributed by atoms with van der Waals surface area (Å²) in [5.74, 6) is 4.63. The minimum atomic E-state index is 0.176. The van der Waals surface area contributed by atoms with Gasteiger partial charge in [-0.3, -0.25) is 0 Å². The van der Waals surface area contributed by atoms with Crippen molar-refractivity contribution in [3.63, 3.8) is 0 Å². The molecule has 0 amide bonds. The SMILES string of the molecule is C#CCCC(NCCC)c1cc(OC)c(OC)c(OC)c1. The summed E-state index contributed by atoms with van der Waals surface area (Å²) in [6, 6.07) is 4.13. The third kappa shape index (κ3) is 4.57. The van der Waals surface area contributed by atoms with Gasteiger partial charge in [0.15, 0.2) is 11.5 Å². The molecule has 0 aliphatic rings. The molecule has 0 bridgehead atoms. The Morgan fingerprint density at radius 2 is 1.76 bits per heavy atom. The average Bonchev–Trinajstić information content (AvgIpc) is 2.53. The van der Waals surface area contributed by atoms with Crippen LogP contribution < -0.4 is 19.5 Å². The summed E-state index contributed by atoms with van der Waals surface area (Å²) >= 11 is 0. The highest BCUT2D eigenvalue weighted by Gasteiger charge is 2.18. The minimum absolute atomic E-state index is 0.176. The highest BCUT2D eigenvalue weighted by atomic mass is 16.5. The largest absolute Gasteiger partial charge is 0.493 e. The molecule has 0 aliphatic carbocycles. The van der Waals surface area contributed by atoms with Gasteiger partial charge in [0.1, 0.15) is 0 Å². The fraction of sp³-hybridized carbons (Fsp3) is 0.529. The zero-order valence-corrected chi connectivity index (χ0v) is 13.4. The van der Waals surface area contributed by atoms with Gasteiger partial charge < -0.3 is 19.5 Å². The van der Waals surface area contributed by atoms with Crippen molar-refractivity contribution in [1.29, 1.82) is 0 Å². The highest BCUT2D eigenvalue weighted by molar-refractivity contribution is 5.54. The van der Waals surface area contributed by atoms with Gasteiger partial charge in [0, 0.05) is 12.5 Å². The number of terminal acetylenes is 1. The summed E-state index contributed by atoms with van der Waals surface area (Å²) < 4.78 is 16.2. The predicted molar refractivity (Wildman–Crippen MR) is 85.2 cm³/mol. The van der Waals surface area contributed by atoms with Crippen molar-refractivity contribution in [3.05, 3.63) is 17.7 Å². The molecule has 1 rings (SSSR count). The average molecular weight is 291 g/mol. The van der Waals surface area contributed by atoms with Crippen molar-refractivity contribution in [2.24, 2.45) is 0 Å². The molecule has 0 spiro atoms. The highest BCUT2D eigenvalue weighted by Crippen LogP contribution is 2.40. The zero-order valence-electron chi connectivity index (χ0n) is 13.4. The fourth-order valence-electron chi connectivity index (χ4n) is 2.24. The lowest BCUT2D eigenvalue weighted by atomic mass is 10.0. The molecule has 1 N–H and O–H groups in total. The summed E-state index contributed by atoms with van der Waals surface area (Å²) in [6.45, 7) is 3.08. The maximum Gasteiger partial charge on any atom is 0.203 e. The first-order chi connectivity index (χ1) is 10.2. The van der Waals surface area contributed by atoms with E-state index in [1.807, 2.05) is 12.1 Å². The third-order valence-electron chi connectivity index (χ3n) is 3.31. The lowest BCUT2D eigenvalue weighted by Crippen LogP contribution is -2.22. The molecule has 1 aromatic carbocycles. The summed E-state index contributed by atoms with van der Waals surface area (Å²) in [7, 11) is 4.85. The Morgan fingerprint density at radius 3 is 2.19 bits per heavy atom. The van der Waals surface area contributed by atoms with Crippen molar-refractivity contribution >= 4 is 0 Å². The van der Waals surface area contributed by atoms with Gasteiger partial charge in [-0.25, -0.2) is 0 Å². The first kappa shape index (κ1) is 17.2. The second-order valence-corrected chi connectivity index (χ2v) is 4.71. The number of ether oxygens (including phenoxy) is 3. The first-order valence-corrected chi connectivity index (χ1v) is 7.18. The van der Waals surface area contributed by atoms with Crippen LogP contribution in [0.4, 0.5) is 0 Å². The van der Waals surface area contributed by atoms with E-state index in [2.05, 4.69) is 18.2 Å². The normalized spacial score (nSPS) is 11.6. The second-order valence-electron chi connectivity index (χ2n) is 4.71. The number of nitrogens with one attached hydrogen (secondary N) is 1. The lowest BCUT2D eigenvalue weighted by Gasteiger charge is -2.21. The number of benzene rings is 1. The van der Waals surface area contributed by atoms with Crippen LogP contribution in [0.15, 0.2) is 12.1 Å². The molecule has 116 valence electrons. The van der Waals surface area contributed by atoms with Gasteiger partial charge in [-0.2, -0.15) is 0 Å². The van der Waals surface area contributed by atoms with Crippen LogP contribution in [0, 0.1) is 12.3 Å². The Kier molecular flexibility index (Phi) is 7.49. The van der Waals surface area contributed by atoms with Gasteiger partial charge in [-0.15, -0.1) is 12.3 Å². The van der Waals surface area contributed by atoms with Crippen LogP contribution in [-0.2, 0) is 0 Å². The Morgan fingerprint density at radius 1 is 1.14 bits per heavy atom.